The van der Waals surface area contributed by atoms with Crippen LogP contribution in [0.2, 0.25) is 0 Å². The van der Waals surface area contributed by atoms with E-state index in [0.717, 1.165) is 37.6 Å². The summed E-state index contributed by atoms with van der Waals surface area (Å²) in [6.45, 7) is 5.01. The Morgan fingerprint density at radius 3 is 3.00 bits per heavy atom. The van der Waals surface area contributed by atoms with E-state index in [1.54, 1.807) is 32.5 Å². The zero-order chi connectivity index (χ0) is 19.8. The molecule has 1 aliphatic rings. The maximum Gasteiger partial charge on any atom is 0.330 e. The number of rotatable bonds is 8. The Hall–Kier alpha value is -2.93. The topological polar surface area (TPSA) is 76.6 Å². The van der Waals surface area contributed by atoms with Gasteiger partial charge in [-0.05, 0) is 37.1 Å². The van der Waals surface area contributed by atoms with Gasteiger partial charge in [-0.25, -0.2) is 9.78 Å². The van der Waals surface area contributed by atoms with Crippen molar-refractivity contribution in [3.63, 3.8) is 0 Å². The number of likely N-dealkylation sites (tertiary alicyclic amines) is 1. The van der Waals surface area contributed by atoms with Crippen LogP contribution in [0.5, 0.6) is 5.75 Å². The van der Waals surface area contributed by atoms with Crippen molar-refractivity contribution in [2.24, 2.45) is 0 Å². The third-order valence-corrected chi connectivity index (χ3v) is 4.51. The van der Waals surface area contributed by atoms with E-state index in [1.165, 1.54) is 11.6 Å². The standard InChI is InChI=1S/C21H26N4O3/c1-3-28-21(26)8-7-17-12-23-20(13-22-17)24-18-9-10-25(15-18)14-16-5-4-6-19(11-16)27-2/h4-8,11-13,18H,3,9-10,14-15H2,1-2H3,(H,23,24). The van der Waals surface area contributed by atoms with Crippen LogP contribution in [-0.2, 0) is 16.1 Å². The minimum atomic E-state index is -0.381. The molecular formula is C21H26N4O3. The maximum absolute atomic E-state index is 11.3. The van der Waals surface area contributed by atoms with Gasteiger partial charge in [-0.2, -0.15) is 0 Å². The van der Waals surface area contributed by atoms with Crippen molar-refractivity contribution in [2.45, 2.75) is 25.9 Å². The highest BCUT2D eigenvalue weighted by Gasteiger charge is 2.22. The number of esters is 1. The molecule has 0 aliphatic carbocycles. The summed E-state index contributed by atoms with van der Waals surface area (Å²) in [4.78, 5) is 22.4. The lowest BCUT2D eigenvalue weighted by Gasteiger charge is -2.17. The van der Waals surface area contributed by atoms with Crippen LogP contribution < -0.4 is 10.1 Å². The molecular weight excluding hydrogens is 356 g/mol. The lowest BCUT2D eigenvalue weighted by molar-refractivity contribution is -0.137. The van der Waals surface area contributed by atoms with Gasteiger partial charge in [0.2, 0.25) is 0 Å². The van der Waals surface area contributed by atoms with Gasteiger partial charge in [0.15, 0.2) is 0 Å². The van der Waals surface area contributed by atoms with E-state index in [4.69, 9.17) is 9.47 Å². The molecule has 0 amide bonds. The normalized spacial score (nSPS) is 17.0. The first-order valence-electron chi connectivity index (χ1n) is 9.45. The SMILES string of the molecule is CCOC(=O)C=Cc1cnc(NC2CCN(Cc3cccc(OC)c3)C2)cn1. The summed E-state index contributed by atoms with van der Waals surface area (Å²) in [7, 11) is 1.69. The molecule has 0 radical (unpaired) electrons. The van der Waals surface area contributed by atoms with Gasteiger partial charge in [0.1, 0.15) is 11.6 Å². The highest BCUT2D eigenvalue weighted by Crippen LogP contribution is 2.19. The van der Waals surface area contributed by atoms with E-state index >= 15 is 0 Å². The lowest BCUT2D eigenvalue weighted by atomic mass is 10.2. The van der Waals surface area contributed by atoms with Crippen molar-refractivity contribution in [2.75, 3.05) is 32.1 Å². The van der Waals surface area contributed by atoms with Crippen LogP contribution in [0.3, 0.4) is 0 Å². The summed E-state index contributed by atoms with van der Waals surface area (Å²) in [5, 5.41) is 3.44. The Balaban J connectivity index is 1.49. The van der Waals surface area contributed by atoms with Crippen LogP contribution in [0, 0.1) is 0 Å². The molecule has 7 nitrogen and oxygen atoms in total. The van der Waals surface area contributed by atoms with Crippen LogP contribution in [0.15, 0.2) is 42.7 Å². The van der Waals surface area contributed by atoms with Gasteiger partial charge in [-0.1, -0.05) is 12.1 Å². The summed E-state index contributed by atoms with van der Waals surface area (Å²) in [5.74, 6) is 1.24. The number of carbonyl (C=O) groups excluding carboxylic acids is 1. The molecule has 0 bridgehead atoms. The third kappa shape index (κ3) is 5.79. The number of methoxy groups -OCH3 is 1. The van der Waals surface area contributed by atoms with Gasteiger partial charge in [0, 0.05) is 31.8 Å². The zero-order valence-corrected chi connectivity index (χ0v) is 16.3. The van der Waals surface area contributed by atoms with Crippen molar-refractivity contribution in [1.29, 1.82) is 0 Å². The third-order valence-electron chi connectivity index (χ3n) is 4.51. The lowest BCUT2D eigenvalue weighted by Crippen LogP contribution is -2.26. The summed E-state index contributed by atoms with van der Waals surface area (Å²) in [6, 6.07) is 8.52. The fraction of sp³-hybridized carbons (Fsp3) is 0.381. The predicted molar refractivity (Wildman–Crippen MR) is 108 cm³/mol. The number of carbonyl (C=O) groups is 1. The summed E-state index contributed by atoms with van der Waals surface area (Å²) in [5.41, 5.74) is 1.86. The molecule has 0 spiro atoms. The van der Waals surface area contributed by atoms with Crippen molar-refractivity contribution in [3.8, 4) is 5.75 Å². The monoisotopic (exact) mass is 382 g/mol. The van der Waals surface area contributed by atoms with Crippen LogP contribution >= 0.6 is 0 Å². The fourth-order valence-corrected chi connectivity index (χ4v) is 3.17. The van der Waals surface area contributed by atoms with Gasteiger partial charge >= 0.3 is 5.97 Å². The molecule has 2 aromatic rings. The number of nitrogens with one attached hydrogen (secondary N) is 1. The Bertz CT molecular complexity index is 808. The quantitative estimate of drug-likeness (QED) is 0.556. The van der Waals surface area contributed by atoms with Gasteiger partial charge in [0.25, 0.3) is 0 Å². The fourth-order valence-electron chi connectivity index (χ4n) is 3.17. The first kappa shape index (κ1) is 19.8. The average molecular weight is 382 g/mol. The van der Waals surface area contributed by atoms with Crippen molar-refractivity contribution in [1.82, 2.24) is 14.9 Å². The number of hydrogen-bond donors (Lipinski definition) is 1. The van der Waals surface area contributed by atoms with Gasteiger partial charge in [-0.3, -0.25) is 9.88 Å². The Kier molecular flexibility index (Phi) is 6.97. The van der Waals surface area contributed by atoms with Gasteiger partial charge in [-0.15, -0.1) is 0 Å². The molecule has 1 unspecified atom stereocenters. The first-order valence-corrected chi connectivity index (χ1v) is 9.45. The molecule has 3 rings (SSSR count). The molecule has 148 valence electrons. The second kappa shape index (κ2) is 9.85. The average Bonchev–Trinajstić information content (AvgIpc) is 3.14. The Morgan fingerprint density at radius 1 is 1.36 bits per heavy atom. The largest absolute Gasteiger partial charge is 0.497 e. The highest BCUT2D eigenvalue weighted by molar-refractivity contribution is 5.86. The highest BCUT2D eigenvalue weighted by atomic mass is 16.5. The van der Waals surface area contributed by atoms with Gasteiger partial charge in [0.05, 0.1) is 31.8 Å². The Morgan fingerprint density at radius 2 is 2.25 bits per heavy atom. The maximum atomic E-state index is 11.3. The van der Waals surface area contributed by atoms with E-state index in [1.807, 2.05) is 12.1 Å². The van der Waals surface area contributed by atoms with Crippen molar-refractivity contribution >= 4 is 17.9 Å². The summed E-state index contributed by atoms with van der Waals surface area (Å²) in [6.07, 6.45) is 7.33. The smallest absolute Gasteiger partial charge is 0.330 e. The minimum absolute atomic E-state index is 0.334. The van der Waals surface area contributed by atoms with E-state index in [0.29, 0.717) is 18.3 Å². The molecule has 1 atom stereocenters. The predicted octanol–water partition coefficient (Wildman–Crippen LogP) is 2.75. The second-order valence-electron chi connectivity index (χ2n) is 6.63. The number of aromatic nitrogens is 2. The summed E-state index contributed by atoms with van der Waals surface area (Å²) < 4.78 is 10.1. The Labute approximate surface area is 165 Å². The first-order chi connectivity index (χ1) is 13.7. The number of hydrogen-bond acceptors (Lipinski definition) is 7. The van der Waals surface area contributed by atoms with E-state index in [9.17, 15) is 4.79 Å². The molecule has 1 N–H and O–H groups in total. The van der Waals surface area contributed by atoms with Crippen LogP contribution in [-0.4, -0.2) is 53.7 Å². The molecule has 2 heterocycles. The van der Waals surface area contributed by atoms with E-state index in [2.05, 4.69) is 32.3 Å². The summed E-state index contributed by atoms with van der Waals surface area (Å²) >= 11 is 0. The molecule has 0 saturated carbocycles. The van der Waals surface area contributed by atoms with E-state index < -0.39 is 0 Å². The molecule has 1 saturated heterocycles. The van der Waals surface area contributed by atoms with E-state index in [-0.39, 0.29) is 5.97 Å². The molecule has 1 fully saturated rings. The molecule has 1 aromatic heterocycles. The molecule has 1 aliphatic heterocycles. The van der Waals surface area contributed by atoms with Crippen molar-refractivity contribution in [3.05, 3.63) is 54.0 Å². The van der Waals surface area contributed by atoms with Gasteiger partial charge < -0.3 is 14.8 Å². The second-order valence-corrected chi connectivity index (χ2v) is 6.63. The number of anilines is 1. The number of benzene rings is 1. The minimum Gasteiger partial charge on any atom is -0.497 e. The van der Waals surface area contributed by atoms with Crippen molar-refractivity contribution < 1.29 is 14.3 Å². The molecule has 28 heavy (non-hydrogen) atoms. The van der Waals surface area contributed by atoms with Crippen LogP contribution in [0.25, 0.3) is 6.08 Å². The zero-order valence-electron chi connectivity index (χ0n) is 16.3. The van der Waals surface area contributed by atoms with Crippen LogP contribution in [0.1, 0.15) is 24.6 Å². The molecule has 1 aromatic carbocycles. The molecule has 7 heteroatoms. The number of ether oxygens (including phenoxy) is 2. The number of nitrogens with zero attached hydrogens (tertiary/aromatic N) is 3. The van der Waals surface area contributed by atoms with Crippen LogP contribution in [0.4, 0.5) is 5.82 Å².